The Labute approximate surface area is 49.3 Å². The van der Waals surface area contributed by atoms with Crippen molar-refractivity contribution in [3.63, 3.8) is 0 Å². The van der Waals surface area contributed by atoms with Gasteiger partial charge in [-0.15, -0.1) is 0 Å². The zero-order chi connectivity index (χ0) is 5.98. The zero-order valence-electron chi connectivity index (χ0n) is 4.98. The van der Waals surface area contributed by atoms with Crippen LogP contribution in [-0.4, -0.2) is 12.5 Å². The maximum absolute atomic E-state index is 9.71. The van der Waals surface area contributed by atoms with Crippen molar-refractivity contribution in [1.82, 2.24) is 5.32 Å². The van der Waals surface area contributed by atoms with Gasteiger partial charge in [-0.2, -0.15) is 0 Å². The normalized spacial score (nSPS) is 22.1. The van der Waals surface area contributed by atoms with E-state index in [1.165, 1.54) is 12.8 Å². The number of rotatable bonds is 3. The van der Waals surface area contributed by atoms with Gasteiger partial charge in [-0.05, 0) is 25.7 Å². The van der Waals surface area contributed by atoms with E-state index in [0.29, 0.717) is 6.04 Å². The summed E-state index contributed by atoms with van der Waals surface area (Å²) in [5.74, 6) is 0.747. The molecule has 1 fully saturated rings. The quantitative estimate of drug-likeness (QED) is 0.527. The predicted octanol–water partition coefficient (Wildman–Crippen LogP) is 0.442. The van der Waals surface area contributed by atoms with E-state index in [1.807, 2.05) is 6.92 Å². The van der Waals surface area contributed by atoms with Crippen molar-refractivity contribution < 1.29 is 4.79 Å². The Kier molecular flexibility index (Phi) is 1.51. The van der Waals surface area contributed by atoms with Crippen LogP contribution in [0.25, 0.3) is 0 Å². The second-order valence-electron chi connectivity index (χ2n) is 2.37. The van der Waals surface area contributed by atoms with Crippen molar-refractivity contribution >= 4 is 6.41 Å². The summed E-state index contributed by atoms with van der Waals surface area (Å²) in [5.41, 5.74) is 0. The minimum absolute atomic E-state index is 0.354. The molecule has 0 spiro atoms. The fraction of sp³-hybridized carbons (Fsp3) is 0.833. The molecule has 0 heterocycles. The van der Waals surface area contributed by atoms with Crippen molar-refractivity contribution in [3.05, 3.63) is 0 Å². The lowest BCUT2D eigenvalue weighted by Crippen LogP contribution is -2.25. The van der Waals surface area contributed by atoms with E-state index in [4.69, 9.17) is 0 Å². The van der Waals surface area contributed by atoms with Gasteiger partial charge >= 0.3 is 6.41 Å². The molecule has 0 aromatic heterocycles. The molecule has 1 rings (SSSR count). The van der Waals surface area contributed by atoms with E-state index >= 15 is 0 Å². The summed E-state index contributed by atoms with van der Waals surface area (Å²) in [7, 11) is 0. The Morgan fingerprint density at radius 3 is 2.75 bits per heavy atom. The average Bonchev–Trinajstić information content (AvgIpc) is 2.45. The highest BCUT2D eigenvalue weighted by atomic mass is 16.1. The molecule has 1 saturated carbocycles. The first kappa shape index (κ1) is 5.60. The highest BCUT2D eigenvalue weighted by molar-refractivity contribution is 5.47. The second kappa shape index (κ2) is 2.16. The smallest absolute Gasteiger partial charge is 0.309 e. The Balaban J connectivity index is 2.12. The summed E-state index contributed by atoms with van der Waals surface area (Å²) in [6.45, 7) is 2.02. The third-order valence-electron chi connectivity index (χ3n) is 1.62. The first-order valence-corrected chi connectivity index (χ1v) is 2.97. The van der Waals surface area contributed by atoms with E-state index in [1.54, 1.807) is 6.41 Å². The van der Waals surface area contributed by atoms with Gasteiger partial charge in [0.15, 0.2) is 0 Å². The molecule has 8 heavy (non-hydrogen) atoms. The van der Waals surface area contributed by atoms with Gasteiger partial charge in [0.05, 0.1) is 0 Å². The summed E-state index contributed by atoms with van der Waals surface area (Å²) in [6.07, 6.45) is 4.24. The van der Waals surface area contributed by atoms with Gasteiger partial charge in [0.25, 0.3) is 0 Å². The largest absolute Gasteiger partial charge is 0.345 e. The fourth-order valence-electron chi connectivity index (χ4n) is 0.807. The fourth-order valence-corrected chi connectivity index (χ4v) is 0.807. The van der Waals surface area contributed by atoms with E-state index in [9.17, 15) is 4.79 Å². The third-order valence-corrected chi connectivity index (χ3v) is 1.62. The molecule has 1 aliphatic rings. The number of carbonyl (C=O) groups excluding carboxylic acids is 1. The van der Waals surface area contributed by atoms with Gasteiger partial charge in [-0.3, -0.25) is 4.79 Å². The molecule has 0 saturated heterocycles. The lowest BCUT2D eigenvalue weighted by Gasteiger charge is -2.04. The van der Waals surface area contributed by atoms with Crippen LogP contribution in [0.2, 0.25) is 0 Å². The molecule has 0 bridgehead atoms. The molecule has 1 amide bonds. The van der Waals surface area contributed by atoms with Crippen molar-refractivity contribution in [2.45, 2.75) is 25.8 Å². The van der Waals surface area contributed by atoms with E-state index in [-0.39, 0.29) is 0 Å². The van der Waals surface area contributed by atoms with Gasteiger partial charge in [0, 0.05) is 6.04 Å². The van der Waals surface area contributed by atoms with E-state index in [0.717, 1.165) is 5.92 Å². The molecule has 1 N–H and O–H groups in total. The standard InChI is InChI=1S/C6H10NO/c1-5(7-4-8)6-2-3-6/h5-6H,2-3H2,1H3,(H,7,8). The number of nitrogens with one attached hydrogen (secondary N) is 1. The second-order valence-corrected chi connectivity index (χ2v) is 2.37. The third kappa shape index (κ3) is 1.22. The van der Waals surface area contributed by atoms with Crippen LogP contribution in [0.3, 0.4) is 0 Å². The molecule has 45 valence electrons. The van der Waals surface area contributed by atoms with Gasteiger partial charge in [0.1, 0.15) is 0 Å². The highest BCUT2D eigenvalue weighted by Crippen LogP contribution is 2.31. The summed E-state index contributed by atoms with van der Waals surface area (Å²) >= 11 is 0. The minimum Gasteiger partial charge on any atom is -0.345 e. The van der Waals surface area contributed by atoms with Gasteiger partial charge in [-0.1, -0.05) is 0 Å². The topological polar surface area (TPSA) is 29.1 Å². The molecule has 1 unspecified atom stereocenters. The first-order chi connectivity index (χ1) is 3.84. The molecular weight excluding hydrogens is 102 g/mol. The summed E-state index contributed by atoms with van der Waals surface area (Å²) in [5, 5.41) is 2.60. The Bertz CT molecular complexity index is 88.5. The SMILES string of the molecule is CC(N[C]=O)C1CC1. The van der Waals surface area contributed by atoms with E-state index in [2.05, 4.69) is 5.32 Å². The maximum atomic E-state index is 9.71. The van der Waals surface area contributed by atoms with Crippen molar-refractivity contribution in [2.24, 2.45) is 5.92 Å². The lowest BCUT2D eigenvalue weighted by molar-refractivity contribution is 0.508. The molecule has 0 aromatic rings. The van der Waals surface area contributed by atoms with Crippen molar-refractivity contribution in [2.75, 3.05) is 0 Å². The first-order valence-electron chi connectivity index (χ1n) is 2.97. The highest BCUT2D eigenvalue weighted by Gasteiger charge is 2.27. The molecule has 2 nitrogen and oxygen atoms in total. The number of hydrogen-bond donors (Lipinski definition) is 1. The maximum Gasteiger partial charge on any atom is 0.309 e. The molecule has 1 radical (unpaired) electrons. The summed E-state index contributed by atoms with van der Waals surface area (Å²) in [6, 6.07) is 0.354. The van der Waals surface area contributed by atoms with Crippen LogP contribution < -0.4 is 5.32 Å². The van der Waals surface area contributed by atoms with Crippen LogP contribution in [0, 0.1) is 5.92 Å². The Morgan fingerprint density at radius 2 is 2.38 bits per heavy atom. The van der Waals surface area contributed by atoms with Crippen LogP contribution >= 0.6 is 0 Å². The van der Waals surface area contributed by atoms with E-state index < -0.39 is 0 Å². The monoisotopic (exact) mass is 112 g/mol. The molecular formula is C6H10NO. The van der Waals surface area contributed by atoms with Crippen molar-refractivity contribution in [1.29, 1.82) is 0 Å². The Hall–Kier alpha value is -0.530. The van der Waals surface area contributed by atoms with Crippen LogP contribution in [-0.2, 0) is 4.79 Å². The molecule has 1 aliphatic carbocycles. The zero-order valence-corrected chi connectivity index (χ0v) is 4.98. The number of amides is 1. The average molecular weight is 112 g/mol. The lowest BCUT2D eigenvalue weighted by atomic mass is 10.2. The molecule has 0 aliphatic heterocycles. The number of hydrogen-bond acceptors (Lipinski definition) is 1. The van der Waals surface area contributed by atoms with Crippen LogP contribution in [0.4, 0.5) is 0 Å². The minimum atomic E-state index is 0.354. The van der Waals surface area contributed by atoms with Gasteiger partial charge < -0.3 is 5.32 Å². The van der Waals surface area contributed by atoms with Gasteiger partial charge in [0.2, 0.25) is 0 Å². The van der Waals surface area contributed by atoms with Crippen molar-refractivity contribution in [3.8, 4) is 0 Å². The van der Waals surface area contributed by atoms with Gasteiger partial charge in [-0.25, -0.2) is 0 Å². The molecule has 2 heteroatoms. The summed E-state index contributed by atoms with van der Waals surface area (Å²) in [4.78, 5) is 9.71. The van der Waals surface area contributed by atoms with Crippen LogP contribution in [0.15, 0.2) is 0 Å². The molecule has 1 atom stereocenters. The van der Waals surface area contributed by atoms with Crippen LogP contribution in [0.5, 0.6) is 0 Å². The van der Waals surface area contributed by atoms with Crippen LogP contribution in [0.1, 0.15) is 19.8 Å². The Morgan fingerprint density at radius 1 is 1.75 bits per heavy atom. The molecule has 0 aromatic carbocycles. The predicted molar refractivity (Wildman–Crippen MR) is 31.0 cm³/mol. The summed E-state index contributed by atoms with van der Waals surface area (Å²) < 4.78 is 0.